The molecule has 0 radical (unpaired) electrons. The summed E-state index contributed by atoms with van der Waals surface area (Å²) >= 11 is 6.09. The molecular weight excluding hydrogens is 274 g/mol. The van der Waals surface area contributed by atoms with Gasteiger partial charge in [-0.3, -0.25) is 4.79 Å². The number of nitrogens with one attached hydrogen (secondary N) is 2. The summed E-state index contributed by atoms with van der Waals surface area (Å²) in [6, 6.07) is 1.82. The van der Waals surface area contributed by atoms with Gasteiger partial charge in [-0.05, 0) is 26.3 Å². The van der Waals surface area contributed by atoms with Crippen LogP contribution < -0.4 is 10.6 Å². The maximum absolute atomic E-state index is 12.1. The first-order valence-corrected chi connectivity index (χ1v) is 7.66. The fourth-order valence-corrected chi connectivity index (χ4v) is 2.17. The highest BCUT2D eigenvalue weighted by atomic mass is 35.5. The minimum absolute atomic E-state index is 0.119. The number of rotatable bonds is 8. The Labute approximate surface area is 126 Å². The van der Waals surface area contributed by atoms with Crippen LogP contribution in [0.2, 0.25) is 5.02 Å². The normalized spacial score (nSPS) is 12.0. The van der Waals surface area contributed by atoms with Gasteiger partial charge in [-0.2, -0.15) is 0 Å². The summed E-state index contributed by atoms with van der Waals surface area (Å²) in [7, 11) is 0. The summed E-state index contributed by atoms with van der Waals surface area (Å²) in [5.74, 6) is 0.494. The summed E-state index contributed by atoms with van der Waals surface area (Å²) in [6.07, 6.45) is 6.07. The van der Waals surface area contributed by atoms with E-state index >= 15 is 0 Å². The van der Waals surface area contributed by atoms with Crippen molar-refractivity contribution in [2.75, 3.05) is 11.9 Å². The van der Waals surface area contributed by atoms with Crippen LogP contribution in [0.1, 0.15) is 56.8 Å². The van der Waals surface area contributed by atoms with E-state index in [0.29, 0.717) is 16.4 Å². The number of halogens is 1. The first-order valence-electron chi connectivity index (χ1n) is 7.28. The molecular formula is C15H24ClN3O. The van der Waals surface area contributed by atoms with Crippen molar-refractivity contribution in [2.24, 2.45) is 0 Å². The Bertz CT molecular complexity index is 437. The summed E-state index contributed by atoms with van der Waals surface area (Å²) in [6.45, 7) is 6.90. The zero-order valence-electron chi connectivity index (χ0n) is 12.5. The molecule has 0 saturated carbocycles. The van der Waals surface area contributed by atoms with Gasteiger partial charge in [-0.25, -0.2) is 4.98 Å². The average Bonchev–Trinajstić information content (AvgIpc) is 2.41. The summed E-state index contributed by atoms with van der Waals surface area (Å²) < 4.78 is 0. The van der Waals surface area contributed by atoms with Gasteiger partial charge in [0.05, 0.1) is 10.6 Å². The molecule has 112 valence electrons. The second-order valence-corrected chi connectivity index (χ2v) is 5.36. The van der Waals surface area contributed by atoms with Crippen molar-refractivity contribution in [1.82, 2.24) is 10.3 Å². The monoisotopic (exact) mass is 297 g/mol. The van der Waals surface area contributed by atoms with E-state index in [0.717, 1.165) is 19.4 Å². The smallest absolute Gasteiger partial charge is 0.253 e. The van der Waals surface area contributed by atoms with Gasteiger partial charge in [-0.1, -0.05) is 37.8 Å². The van der Waals surface area contributed by atoms with Crippen molar-refractivity contribution >= 4 is 23.3 Å². The van der Waals surface area contributed by atoms with E-state index in [2.05, 4.69) is 22.5 Å². The van der Waals surface area contributed by atoms with Gasteiger partial charge in [0.25, 0.3) is 5.91 Å². The summed E-state index contributed by atoms with van der Waals surface area (Å²) in [5, 5.41) is 6.49. The molecule has 0 aliphatic carbocycles. The van der Waals surface area contributed by atoms with Crippen molar-refractivity contribution in [3.05, 3.63) is 22.8 Å². The number of hydrogen-bond donors (Lipinski definition) is 2. The Hall–Kier alpha value is -1.29. The van der Waals surface area contributed by atoms with Crippen LogP contribution in [0.15, 0.2) is 12.3 Å². The van der Waals surface area contributed by atoms with Gasteiger partial charge in [0.2, 0.25) is 0 Å². The number of amides is 1. The average molecular weight is 298 g/mol. The van der Waals surface area contributed by atoms with Crippen LogP contribution >= 0.6 is 11.6 Å². The van der Waals surface area contributed by atoms with Gasteiger partial charge in [0, 0.05) is 18.8 Å². The second kappa shape index (κ2) is 8.80. The van der Waals surface area contributed by atoms with Crippen molar-refractivity contribution in [2.45, 2.75) is 52.5 Å². The minimum Gasteiger partial charge on any atom is -0.369 e. The number of aromatic nitrogens is 1. The van der Waals surface area contributed by atoms with E-state index in [9.17, 15) is 4.79 Å². The topological polar surface area (TPSA) is 54.0 Å². The Morgan fingerprint density at radius 3 is 2.75 bits per heavy atom. The van der Waals surface area contributed by atoms with Crippen LogP contribution in [0, 0.1) is 0 Å². The Kier molecular flexibility index (Phi) is 7.37. The molecule has 0 aromatic carbocycles. The molecule has 1 aromatic heterocycles. The number of carbonyl (C=O) groups is 1. The Morgan fingerprint density at radius 2 is 2.15 bits per heavy atom. The van der Waals surface area contributed by atoms with E-state index in [1.165, 1.54) is 12.8 Å². The van der Waals surface area contributed by atoms with Crippen LogP contribution in [0.5, 0.6) is 0 Å². The van der Waals surface area contributed by atoms with Gasteiger partial charge in [0.1, 0.15) is 5.82 Å². The SMILES string of the molecule is CCCCCC(C)NC(=O)c1cnc(NCC)c(Cl)c1. The first kappa shape index (κ1) is 16.8. The minimum atomic E-state index is -0.119. The zero-order chi connectivity index (χ0) is 15.0. The van der Waals surface area contributed by atoms with E-state index < -0.39 is 0 Å². The third-order valence-corrected chi connectivity index (χ3v) is 3.35. The number of hydrogen-bond acceptors (Lipinski definition) is 3. The molecule has 0 aliphatic rings. The molecule has 0 aliphatic heterocycles. The molecule has 1 unspecified atom stereocenters. The van der Waals surface area contributed by atoms with Crippen molar-refractivity contribution in [3.63, 3.8) is 0 Å². The lowest BCUT2D eigenvalue weighted by Crippen LogP contribution is -2.32. The molecule has 0 saturated heterocycles. The maximum atomic E-state index is 12.1. The third kappa shape index (κ3) is 5.37. The van der Waals surface area contributed by atoms with Crippen LogP contribution in [-0.2, 0) is 0 Å². The van der Waals surface area contributed by atoms with Gasteiger partial charge >= 0.3 is 0 Å². The quantitative estimate of drug-likeness (QED) is 0.716. The number of unbranched alkanes of at least 4 members (excludes halogenated alkanes) is 2. The van der Waals surface area contributed by atoms with Crippen LogP contribution in [0.4, 0.5) is 5.82 Å². The molecule has 1 heterocycles. The second-order valence-electron chi connectivity index (χ2n) is 4.96. The van der Waals surface area contributed by atoms with Crippen molar-refractivity contribution < 1.29 is 4.79 Å². The molecule has 1 amide bonds. The molecule has 5 heteroatoms. The molecule has 0 fully saturated rings. The van der Waals surface area contributed by atoms with E-state index in [1.807, 2.05) is 13.8 Å². The largest absolute Gasteiger partial charge is 0.369 e. The molecule has 4 nitrogen and oxygen atoms in total. The predicted octanol–water partition coefficient (Wildman–Crippen LogP) is 3.87. The number of anilines is 1. The summed E-state index contributed by atoms with van der Waals surface area (Å²) in [5.41, 5.74) is 0.499. The lowest BCUT2D eigenvalue weighted by Gasteiger charge is -2.14. The third-order valence-electron chi connectivity index (χ3n) is 3.07. The fraction of sp³-hybridized carbons (Fsp3) is 0.600. The molecule has 20 heavy (non-hydrogen) atoms. The summed E-state index contributed by atoms with van der Waals surface area (Å²) in [4.78, 5) is 16.2. The molecule has 0 bridgehead atoms. The maximum Gasteiger partial charge on any atom is 0.253 e. The molecule has 1 aromatic rings. The number of pyridine rings is 1. The van der Waals surface area contributed by atoms with E-state index in [1.54, 1.807) is 12.3 Å². The predicted molar refractivity (Wildman–Crippen MR) is 84.5 cm³/mol. The van der Waals surface area contributed by atoms with Gasteiger partial charge in [-0.15, -0.1) is 0 Å². The van der Waals surface area contributed by atoms with E-state index in [-0.39, 0.29) is 11.9 Å². The lowest BCUT2D eigenvalue weighted by atomic mass is 10.1. The molecule has 2 N–H and O–H groups in total. The fourth-order valence-electron chi connectivity index (χ4n) is 1.94. The highest BCUT2D eigenvalue weighted by Gasteiger charge is 2.12. The van der Waals surface area contributed by atoms with Crippen LogP contribution in [0.25, 0.3) is 0 Å². The van der Waals surface area contributed by atoms with Crippen molar-refractivity contribution in [3.8, 4) is 0 Å². The highest BCUT2D eigenvalue weighted by molar-refractivity contribution is 6.33. The van der Waals surface area contributed by atoms with Gasteiger partial charge in [0.15, 0.2) is 0 Å². The Morgan fingerprint density at radius 1 is 1.40 bits per heavy atom. The number of nitrogens with zero attached hydrogens (tertiary/aromatic N) is 1. The van der Waals surface area contributed by atoms with Crippen LogP contribution in [0.3, 0.4) is 0 Å². The lowest BCUT2D eigenvalue weighted by molar-refractivity contribution is 0.0937. The zero-order valence-corrected chi connectivity index (χ0v) is 13.3. The van der Waals surface area contributed by atoms with Crippen LogP contribution in [-0.4, -0.2) is 23.5 Å². The standard InChI is InChI=1S/C15H24ClN3O/c1-4-6-7-8-11(3)19-15(20)12-9-13(16)14(17-5-2)18-10-12/h9-11H,4-8H2,1-3H3,(H,17,18)(H,19,20). The molecule has 1 rings (SSSR count). The highest BCUT2D eigenvalue weighted by Crippen LogP contribution is 2.19. The van der Waals surface area contributed by atoms with Gasteiger partial charge < -0.3 is 10.6 Å². The first-order chi connectivity index (χ1) is 9.58. The van der Waals surface area contributed by atoms with E-state index in [4.69, 9.17) is 11.6 Å². The van der Waals surface area contributed by atoms with Crippen molar-refractivity contribution in [1.29, 1.82) is 0 Å². The Balaban J connectivity index is 2.57. The molecule has 0 spiro atoms. The number of carbonyl (C=O) groups excluding carboxylic acids is 1. The molecule has 1 atom stereocenters.